The molecule has 18 heavy (non-hydrogen) atoms. The van der Waals surface area contributed by atoms with Gasteiger partial charge in [0.15, 0.2) is 0 Å². The number of phenols is 1. The molecule has 0 spiro atoms. The normalized spacial score (nSPS) is 19.1. The standard InChI is InChI=1S/C13H16N2O3/c1-15-7-6-10(13(15)18)14-12(17)8-9-4-2-3-5-11(9)16/h2-5,10,16H,6-8H2,1H3,(H,14,17). The van der Waals surface area contributed by atoms with E-state index in [2.05, 4.69) is 5.32 Å². The van der Waals surface area contributed by atoms with Gasteiger partial charge in [-0.2, -0.15) is 0 Å². The Morgan fingerprint density at radius 3 is 2.83 bits per heavy atom. The summed E-state index contributed by atoms with van der Waals surface area (Å²) >= 11 is 0. The van der Waals surface area contributed by atoms with Gasteiger partial charge < -0.3 is 15.3 Å². The van der Waals surface area contributed by atoms with Crippen molar-refractivity contribution in [3.63, 3.8) is 0 Å². The number of carbonyl (C=O) groups excluding carboxylic acids is 2. The number of hydrogen-bond donors (Lipinski definition) is 2. The van der Waals surface area contributed by atoms with Crippen molar-refractivity contribution in [2.24, 2.45) is 0 Å². The van der Waals surface area contributed by atoms with Gasteiger partial charge in [0.1, 0.15) is 11.8 Å². The van der Waals surface area contributed by atoms with Gasteiger partial charge in [-0.15, -0.1) is 0 Å². The molecule has 96 valence electrons. The summed E-state index contributed by atoms with van der Waals surface area (Å²) < 4.78 is 0. The van der Waals surface area contributed by atoms with E-state index < -0.39 is 6.04 Å². The molecular weight excluding hydrogens is 232 g/mol. The number of likely N-dealkylation sites (N-methyl/N-ethyl adjacent to an activating group) is 1. The molecule has 2 rings (SSSR count). The molecule has 0 aliphatic carbocycles. The minimum absolute atomic E-state index is 0.0550. The van der Waals surface area contributed by atoms with E-state index in [-0.39, 0.29) is 24.0 Å². The average molecular weight is 248 g/mol. The fourth-order valence-electron chi connectivity index (χ4n) is 2.04. The number of hydrogen-bond acceptors (Lipinski definition) is 3. The summed E-state index contributed by atoms with van der Waals surface area (Å²) in [6.45, 7) is 0.667. The van der Waals surface area contributed by atoms with Crippen molar-refractivity contribution < 1.29 is 14.7 Å². The van der Waals surface area contributed by atoms with E-state index in [0.717, 1.165) is 0 Å². The number of aromatic hydroxyl groups is 1. The molecule has 0 radical (unpaired) electrons. The van der Waals surface area contributed by atoms with Gasteiger partial charge in [0, 0.05) is 19.2 Å². The molecule has 2 amide bonds. The van der Waals surface area contributed by atoms with Crippen LogP contribution in [-0.2, 0) is 16.0 Å². The van der Waals surface area contributed by atoms with Crippen LogP contribution < -0.4 is 5.32 Å². The van der Waals surface area contributed by atoms with E-state index in [1.54, 1.807) is 30.1 Å². The zero-order valence-electron chi connectivity index (χ0n) is 10.2. The monoisotopic (exact) mass is 248 g/mol. The molecule has 2 N–H and O–H groups in total. The molecule has 1 saturated heterocycles. The van der Waals surface area contributed by atoms with Crippen LogP contribution in [0.4, 0.5) is 0 Å². The molecule has 0 bridgehead atoms. The zero-order chi connectivity index (χ0) is 13.1. The molecule has 1 heterocycles. The van der Waals surface area contributed by atoms with Crippen LogP contribution in [0.3, 0.4) is 0 Å². The van der Waals surface area contributed by atoms with Crippen LogP contribution >= 0.6 is 0 Å². The van der Waals surface area contributed by atoms with Crippen molar-refractivity contribution in [1.29, 1.82) is 0 Å². The number of rotatable bonds is 3. The molecule has 1 aromatic carbocycles. The zero-order valence-corrected chi connectivity index (χ0v) is 10.2. The van der Waals surface area contributed by atoms with Gasteiger partial charge in [0.2, 0.25) is 11.8 Å². The maximum absolute atomic E-state index is 11.8. The van der Waals surface area contributed by atoms with Crippen LogP contribution in [0.5, 0.6) is 5.75 Å². The summed E-state index contributed by atoms with van der Waals surface area (Å²) in [5, 5.41) is 12.3. The van der Waals surface area contributed by atoms with Gasteiger partial charge in [-0.05, 0) is 12.5 Å². The van der Waals surface area contributed by atoms with Crippen LogP contribution in [0, 0.1) is 0 Å². The summed E-state index contributed by atoms with van der Waals surface area (Å²) in [5.41, 5.74) is 0.564. The van der Waals surface area contributed by atoms with Gasteiger partial charge >= 0.3 is 0 Å². The van der Waals surface area contributed by atoms with Crippen LogP contribution in [0.25, 0.3) is 0 Å². The number of nitrogens with one attached hydrogen (secondary N) is 1. The molecular formula is C13H16N2O3. The summed E-state index contributed by atoms with van der Waals surface area (Å²) in [7, 11) is 1.72. The van der Waals surface area contributed by atoms with Crippen molar-refractivity contribution in [1.82, 2.24) is 10.2 Å². The Kier molecular flexibility index (Phi) is 3.50. The molecule has 0 aromatic heterocycles. The van der Waals surface area contributed by atoms with Gasteiger partial charge in [0.25, 0.3) is 0 Å². The quantitative estimate of drug-likeness (QED) is 0.807. The predicted molar refractivity (Wildman–Crippen MR) is 66.0 cm³/mol. The molecule has 1 aliphatic rings. The lowest BCUT2D eigenvalue weighted by molar-refractivity contribution is -0.131. The van der Waals surface area contributed by atoms with Crippen molar-refractivity contribution in [3.8, 4) is 5.75 Å². The average Bonchev–Trinajstić information content (AvgIpc) is 2.64. The van der Waals surface area contributed by atoms with Crippen molar-refractivity contribution in [2.75, 3.05) is 13.6 Å². The second kappa shape index (κ2) is 5.08. The number of carbonyl (C=O) groups is 2. The smallest absolute Gasteiger partial charge is 0.244 e. The Morgan fingerprint density at radius 1 is 1.50 bits per heavy atom. The fraction of sp³-hybridized carbons (Fsp3) is 0.385. The number of likely N-dealkylation sites (tertiary alicyclic amines) is 1. The molecule has 1 unspecified atom stereocenters. The SMILES string of the molecule is CN1CCC(NC(=O)Cc2ccccc2O)C1=O. The number of benzene rings is 1. The van der Waals surface area contributed by atoms with Crippen molar-refractivity contribution in [2.45, 2.75) is 18.9 Å². The number of para-hydroxylation sites is 1. The maximum atomic E-state index is 11.8. The first-order valence-corrected chi connectivity index (χ1v) is 5.89. The number of amides is 2. The van der Waals surface area contributed by atoms with E-state index in [0.29, 0.717) is 18.5 Å². The molecule has 5 heteroatoms. The van der Waals surface area contributed by atoms with E-state index >= 15 is 0 Å². The molecule has 1 aliphatic heterocycles. The molecule has 0 saturated carbocycles. The summed E-state index contributed by atoms with van der Waals surface area (Å²) in [4.78, 5) is 25.0. The molecule has 1 atom stereocenters. The van der Waals surface area contributed by atoms with E-state index in [4.69, 9.17) is 0 Å². The third-order valence-corrected chi connectivity index (χ3v) is 3.11. The highest BCUT2D eigenvalue weighted by molar-refractivity contribution is 5.89. The van der Waals surface area contributed by atoms with Crippen molar-refractivity contribution in [3.05, 3.63) is 29.8 Å². The lowest BCUT2D eigenvalue weighted by Crippen LogP contribution is -2.41. The topological polar surface area (TPSA) is 69.6 Å². The Morgan fingerprint density at radius 2 is 2.22 bits per heavy atom. The molecule has 1 fully saturated rings. The second-order valence-electron chi connectivity index (χ2n) is 4.47. The second-order valence-corrected chi connectivity index (χ2v) is 4.47. The van der Waals surface area contributed by atoms with E-state index in [9.17, 15) is 14.7 Å². The first kappa shape index (κ1) is 12.4. The Bertz CT molecular complexity index is 473. The highest BCUT2D eigenvalue weighted by Gasteiger charge is 2.30. The van der Waals surface area contributed by atoms with E-state index in [1.807, 2.05) is 0 Å². The van der Waals surface area contributed by atoms with Gasteiger partial charge in [-0.25, -0.2) is 0 Å². The fourth-order valence-corrected chi connectivity index (χ4v) is 2.04. The molecule has 1 aromatic rings. The minimum atomic E-state index is -0.423. The number of phenolic OH excluding ortho intramolecular Hbond substituents is 1. The molecule has 5 nitrogen and oxygen atoms in total. The van der Waals surface area contributed by atoms with Crippen molar-refractivity contribution >= 4 is 11.8 Å². The Hall–Kier alpha value is -2.04. The third kappa shape index (κ3) is 2.61. The van der Waals surface area contributed by atoms with Gasteiger partial charge in [-0.3, -0.25) is 9.59 Å². The van der Waals surface area contributed by atoms with Gasteiger partial charge in [0.05, 0.1) is 6.42 Å². The minimum Gasteiger partial charge on any atom is -0.508 e. The first-order chi connectivity index (χ1) is 8.58. The third-order valence-electron chi connectivity index (χ3n) is 3.11. The first-order valence-electron chi connectivity index (χ1n) is 5.89. The number of nitrogens with zero attached hydrogens (tertiary/aromatic N) is 1. The van der Waals surface area contributed by atoms with Crippen LogP contribution in [0.15, 0.2) is 24.3 Å². The largest absolute Gasteiger partial charge is 0.508 e. The van der Waals surface area contributed by atoms with Crippen LogP contribution in [-0.4, -0.2) is 41.5 Å². The van der Waals surface area contributed by atoms with Crippen LogP contribution in [0.1, 0.15) is 12.0 Å². The highest BCUT2D eigenvalue weighted by Crippen LogP contribution is 2.16. The summed E-state index contributed by atoms with van der Waals surface area (Å²) in [5.74, 6) is -0.201. The predicted octanol–water partition coefficient (Wildman–Crippen LogP) is 0.282. The maximum Gasteiger partial charge on any atom is 0.244 e. The lowest BCUT2D eigenvalue weighted by atomic mass is 10.1. The van der Waals surface area contributed by atoms with Gasteiger partial charge in [-0.1, -0.05) is 18.2 Å². The summed E-state index contributed by atoms with van der Waals surface area (Å²) in [6.07, 6.45) is 0.724. The Balaban J connectivity index is 1.94. The van der Waals surface area contributed by atoms with E-state index in [1.165, 1.54) is 6.07 Å². The lowest BCUT2D eigenvalue weighted by Gasteiger charge is -2.12. The summed E-state index contributed by atoms with van der Waals surface area (Å²) in [6, 6.07) is 6.27. The highest BCUT2D eigenvalue weighted by atomic mass is 16.3. The van der Waals surface area contributed by atoms with Crippen LogP contribution in [0.2, 0.25) is 0 Å². The Labute approximate surface area is 105 Å².